The van der Waals surface area contributed by atoms with Crippen LogP contribution in [0.25, 0.3) is 33.1 Å². The summed E-state index contributed by atoms with van der Waals surface area (Å²) in [5.74, 6) is 0.880. The molecule has 4 aromatic rings. The van der Waals surface area contributed by atoms with E-state index in [1.54, 1.807) is 0 Å². The van der Waals surface area contributed by atoms with Crippen LogP contribution in [0.4, 0.5) is 0 Å². The number of hydrogen-bond acceptors (Lipinski definition) is 0. The van der Waals surface area contributed by atoms with Crippen molar-refractivity contribution in [3.63, 3.8) is 0 Å². The molecule has 0 N–H and O–H groups in total. The molecule has 0 unspecified atom stereocenters. The van der Waals surface area contributed by atoms with E-state index in [-0.39, 0.29) is 0 Å². The number of benzene rings is 3. The summed E-state index contributed by atoms with van der Waals surface area (Å²) >= 11 is 3.45. The predicted octanol–water partition coefficient (Wildman–Crippen LogP) is 6.30. The van der Waals surface area contributed by atoms with Gasteiger partial charge in [-0.25, -0.2) is 4.42 Å². The zero-order chi connectivity index (χ0) is 14.2. The molecular formula is C19H12BrO+. The molecule has 1 heterocycles. The lowest BCUT2D eigenvalue weighted by molar-refractivity contribution is 0.620. The minimum atomic E-state index is 0.880. The van der Waals surface area contributed by atoms with Gasteiger partial charge in [-0.15, -0.1) is 0 Å². The van der Waals surface area contributed by atoms with Crippen molar-refractivity contribution in [3.8, 4) is 11.3 Å². The summed E-state index contributed by atoms with van der Waals surface area (Å²) < 4.78 is 7.15. The highest BCUT2D eigenvalue weighted by atomic mass is 79.9. The van der Waals surface area contributed by atoms with Gasteiger partial charge in [-0.1, -0.05) is 40.2 Å². The standard InChI is InChI=1S/C19H12BrO/c20-15-8-5-14(6-9-15)18-12-10-17-16-4-2-1-3-13(16)7-11-19(17)21-18/h1-12H/q+1. The minimum Gasteiger partial charge on any atom is -0.207 e. The Bertz CT molecular complexity index is 942. The molecule has 0 aliphatic rings. The second kappa shape index (κ2) is 4.97. The van der Waals surface area contributed by atoms with Crippen molar-refractivity contribution in [2.24, 2.45) is 0 Å². The Balaban J connectivity index is 1.94. The monoisotopic (exact) mass is 335 g/mol. The first kappa shape index (κ1) is 12.5. The first-order chi connectivity index (χ1) is 10.3. The molecule has 1 nitrogen and oxygen atoms in total. The maximum absolute atomic E-state index is 6.08. The maximum Gasteiger partial charge on any atom is 0.361 e. The molecule has 0 aliphatic carbocycles. The summed E-state index contributed by atoms with van der Waals surface area (Å²) in [7, 11) is 0. The van der Waals surface area contributed by atoms with Crippen LogP contribution in [0.15, 0.2) is 81.7 Å². The molecule has 0 radical (unpaired) electrons. The van der Waals surface area contributed by atoms with Crippen molar-refractivity contribution in [2.75, 3.05) is 0 Å². The Morgan fingerprint density at radius 3 is 2.33 bits per heavy atom. The fraction of sp³-hybridized carbons (Fsp3) is 0. The van der Waals surface area contributed by atoms with Gasteiger partial charge in [0.15, 0.2) is 0 Å². The summed E-state index contributed by atoms with van der Waals surface area (Å²) in [4.78, 5) is 0. The van der Waals surface area contributed by atoms with Crippen molar-refractivity contribution < 1.29 is 4.42 Å². The smallest absolute Gasteiger partial charge is 0.207 e. The topological polar surface area (TPSA) is 11.3 Å². The third-order valence-corrected chi connectivity index (χ3v) is 4.21. The third-order valence-electron chi connectivity index (χ3n) is 3.68. The molecule has 0 bridgehead atoms. The van der Waals surface area contributed by atoms with E-state index in [0.29, 0.717) is 0 Å². The van der Waals surface area contributed by atoms with Crippen LogP contribution in [0.3, 0.4) is 0 Å². The van der Waals surface area contributed by atoms with Crippen molar-refractivity contribution in [2.45, 2.75) is 0 Å². The van der Waals surface area contributed by atoms with Crippen LogP contribution in [-0.4, -0.2) is 0 Å². The Kier molecular flexibility index (Phi) is 2.97. The number of halogens is 1. The largest absolute Gasteiger partial charge is 0.361 e. The van der Waals surface area contributed by atoms with Crippen LogP contribution in [0.5, 0.6) is 0 Å². The molecular weight excluding hydrogens is 324 g/mol. The van der Waals surface area contributed by atoms with E-state index >= 15 is 0 Å². The van der Waals surface area contributed by atoms with Crippen molar-refractivity contribution in [1.82, 2.24) is 0 Å². The fourth-order valence-corrected chi connectivity index (χ4v) is 2.88. The van der Waals surface area contributed by atoms with Gasteiger partial charge < -0.3 is 0 Å². The van der Waals surface area contributed by atoms with Gasteiger partial charge in [-0.2, -0.15) is 0 Å². The quantitative estimate of drug-likeness (QED) is 0.293. The second-order valence-corrected chi connectivity index (χ2v) is 5.92. The van der Waals surface area contributed by atoms with Crippen LogP contribution in [0, 0.1) is 0 Å². The summed E-state index contributed by atoms with van der Waals surface area (Å²) in [6.45, 7) is 0. The third kappa shape index (κ3) is 2.22. The summed E-state index contributed by atoms with van der Waals surface area (Å²) in [5.41, 5.74) is 1.99. The van der Waals surface area contributed by atoms with Crippen molar-refractivity contribution >= 4 is 37.7 Å². The highest BCUT2D eigenvalue weighted by Gasteiger charge is 2.15. The molecule has 21 heavy (non-hydrogen) atoms. The van der Waals surface area contributed by atoms with Crippen LogP contribution >= 0.6 is 15.9 Å². The SMILES string of the molecule is Brc1ccc(-c2ccc3c(ccc4ccccc43)[o+]2)cc1. The van der Waals surface area contributed by atoms with Gasteiger partial charge in [0, 0.05) is 16.6 Å². The van der Waals surface area contributed by atoms with E-state index in [0.717, 1.165) is 26.8 Å². The molecule has 2 heteroatoms. The number of fused-ring (bicyclic) bond motifs is 3. The van der Waals surface area contributed by atoms with E-state index < -0.39 is 0 Å². The van der Waals surface area contributed by atoms with Crippen LogP contribution < -0.4 is 0 Å². The molecule has 0 saturated heterocycles. The Labute approximate surface area is 131 Å². The number of hydrogen-bond donors (Lipinski definition) is 0. The molecule has 3 aromatic carbocycles. The minimum absolute atomic E-state index is 0.880. The van der Waals surface area contributed by atoms with E-state index in [9.17, 15) is 0 Å². The van der Waals surface area contributed by atoms with E-state index in [4.69, 9.17) is 4.42 Å². The predicted molar refractivity (Wildman–Crippen MR) is 91.3 cm³/mol. The highest BCUT2D eigenvalue weighted by molar-refractivity contribution is 9.10. The molecule has 4 rings (SSSR count). The lowest BCUT2D eigenvalue weighted by atomic mass is 10.1. The first-order valence-corrected chi connectivity index (χ1v) is 7.61. The van der Waals surface area contributed by atoms with Gasteiger partial charge in [0.05, 0.1) is 10.9 Å². The van der Waals surface area contributed by atoms with Gasteiger partial charge in [-0.05, 0) is 47.2 Å². The van der Waals surface area contributed by atoms with Crippen LogP contribution in [0.1, 0.15) is 0 Å². The average molecular weight is 336 g/mol. The van der Waals surface area contributed by atoms with E-state index in [1.165, 1.54) is 10.8 Å². The maximum atomic E-state index is 6.08. The Hall–Kier alpha value is -2.19. The average Bonchev–Trinajstić information content (AvgIpc) is 2.55. The van der Waals surface area contributed by atoms with Gasteiger partial charge >= 0.3 is 11.3 Å². The lowest BCUT2D eigenvalue weighted by Gasteiger charge is -1.98. The Morgan fingerprint density at radius 2 is 1.48 bits per heavy atom. The molecule has 0 aliphatic heterocycles. The van der Waals surface area contributed by atoms with Gasteiger partial charge in [0.25, 0.3) is 0 Å². The normalized spacial score (nSPS) is 11.1. The zero-order valence-electron chi connectivity index (χ0n) is 11.2. The first-order valence-electron chi connectivity index (χ1n) is 6.82. The molecule has 0 fully saturated rings. The summed E-state index contributed by atoms with van der Waals surface area (Å²) in [6, 6.07) is 24.8. The molecule has 0 atom stereocenters. The molecule has 1 aromatic heterocycles. The molecule has 0 saturated carbocycles. The zero-order valence-corrected chi connectivity index (χ0v) is 12.8. The van der Waals surface area contributed by atoms with Crippen LogP contribution in [-0.2, 0) is 0 Å². The summed E-state index contributed by atoms with van der Waals surface area (Å²) in [6.07, 6.45) is 0. The second-order valence-electron chi connectivity index (χ2n) is 5.01. The van der Waals surface area contributed by atoms with Gasteiger partial charge in [0.2, 0.25) is 0 Å². The van der Waals surface area contributed by atoms with Crippen molar-refractivity contribution in [3.05, 3.63) is 77.3 Å². The summed E-state index contributed by atoms with van der Waals surface area (Å²) in [5, 5.41) is 3.60. The van der Waals surface area contributed by atoms with E-state index in [2.05, 4.69) is 64.5 Å². The Morgan fingerprint density at radius 1 is 0.667 bits per heavy atom. The highest BCUT2D eigenvalue weighted by Crippen LogP contribution is 2.30. The molecule has 100 valence electrons. The van der Waals surface area contributed by atoms with Crippen molar-refractivity contribution in [1.29, 1.82) is 0 Å². The van der Waals surface area contributed by atoms with Gasteiger partial charge in [-0.3, -0.25) is 0 Å². The van der Waals surface area contributed by atoms with Gasteiger partial charge in [0.1, 0.15) is 0 Å². The fourth-order valence-electron chi connectivity index (χ4n) is 2.62. The van der Waals surface area contributed by atoms with Crippen LogP contribution in [0.2, 0.25) is 0 Å². The number of rotatable bonds is 1. The molecule has 0 amide bonds. The lowest BCUT2D eigenvalue weighted by Crippen LogP contribution is -1.81. The molecule has 0 spiro atoms. The van der Waals surface area contributed by atoms with E-state index in [1.807, 2.05) is 24.3 Å².